The van der Waals surface area contributed by atoms with Crippen molar-refractivity contribution in [2.45, 2.75) is 19.4 Å². The fourth-order valence-corrected chi connectivity index (χ4v) is 3.14. The molecule has 90 valence electrons. The number of hydrogen-bond acceptors (Lipinski definition) is 3. The molecular weight excluding hydrogens is 275 g/mol. The lowest BCUT2D eigenvalue weighted by molar-refractivity contribution is 0.539. The third-order valence-corrected chi connectivity index (χ3v) is 3.83. The van der Waals surface area contributed by atoms with Crippen molar-refractivity contribution < 1.29 is 0 Å². The van der Waals surface area contributed by atoms with E-state index in [4.69, 9.17) is 28.9 Å². The summed E-state index contributed by atoms with van der Waals surface area (Å²) in [4.78, 5) is 4.50. The molecule has 0 atom stereocenters. The van der Waals surface area contributed by atoms with Gasteiger partial charge in [0.2, 0.25) is 0 Å². The van der Waals surface area contributed by atoms with Gasteiger partial charge in [0.15, 0.2) is 0 Å². The predicted molar refractivity (Wildman–Crippen MR) is 74.8 cm³/mol. The molecule has 2 N–H and O–H groups in total. The highest BCUT2D eigenvalue weighted by molar-refractivity contribution is 7.13. The van der Waals surface area contributed by atoms with Crippen molar-refractivity contribution in [1.29, 1.82) is 0 Å². The number of nitrogens with two attached hydrogens (primary N) is 1. The highest BCUT2D eigenvalue weighted by Gasteiger charge is 2.20. The molecule has 0 saturated heterocycles. The van der Waals surface area contributed by atoms with E-state index in [1.807, 2.05) is 25.3 Å². The minimum atomic E-state index is -0.456. The molecule has 0 bridgehead atoms. The van der Waals surface area contributed by atoms with Gasteiger partial charge < -0.3 is 5.73 Å². The van der Waals surface area contributed by atoms with E-state index in [1.54, 1.807) is 12.1 Å². The maximum atomic E-state index is 6.14. The Labute approximate surface area is 114 Å². The van der Waals surface area contributed by atoms with Crippen molar-refractivity contribution >= 4 is 34.5 Å². The van der Waals surface area contributed by atoms with Gasteiger partial charge in [0.1, 0.15) is 5.01 Å². The van der Waals surface area contributed by atoms with Gasteiger partial charge in [0.25, 0.3) is 0 Å². The maximum absolute atomic E-state index is 6.14. The lowest BCUT2D eigenvalue weighted by atomic mass is 10.0. The molecule has 1 aromatic heterocycles. The highest BCUT2D eigenvalue weighted by atomic mass is 35.5. The van der Waals surface area contributed by atoms with E-state index in [0.717, 1.165) is 16.3 Å². The average Bonchev–Trinajstić information content (AvgIpc) is 2.65. The van der Waals surface area contributed by atoms with E-state index in [9.17, 15) is 0 Å². The Balaban J connectivity index is 2.51. The summed E-state index contributed by atoms with van der Waals surface area (Å²) >= 11 is 13.8. The van der Waals surface area contributed by atoms with Crippen molar-refractivity contribution in [3.8, 4) is 10.6 Å². The number of rotatable bonds is 2. The number of nitrogens with zero attached hydrogens (tertiary/aromatic N) is 1. The first kappa shape index (κ1) is 12.8. The van der Waals surface area contributed by atoms with Crippen molar-refractivity contribution in [2.75, 3.05) is 0 Å². The fourth-order valence-electron chi connectivity index (χ4n) is 1.39. The summed E-state index contributed by atoms with van der Waals surface area (Å²) in [5.41, 5.74) is 7.16. The van der Waals surface area contributed by atoms with Crippen molar-refractivity contribution in [3.63, 3.8) is 0 Å². The molecule has 0 unspecified atom stereocenters. The SMILES string of the molecule is CC(C)(N)c1csc(-c2c(Cl)cccc2Cl)n1. The van der Waals surface area contributed by atoms with Crippen LogP contribution in [0, 0.1) is 0 Å². The summed E-state index contributed by atoms with van der Waals surface area (Å²) in [5, 5.41) is 3.95. The zero-order chi connectivity index (χ0) is 12.6. The molecule has 1 heterocycles. The van der Waals surface area contributed by atoms with Gasteiger partial charge in [-0.2, -0.15) is 0 Å². The molecule has 2 nitrogen and oxygen atoms in total. The van der Waals surface area contributed by atoms with Crippen LogP contribution in [0.2, 0.25) is 10.0 Å². The largest absolute Gasteiger partial charge is 0.321 e. The monoisotopic (exact) mass is 286 g/mol. The summed E-state index contributed by atoms with van der Waals surface area (Å²) < 4.78 is 0. The Morgan fingerprint density at radius 1 is 1.24 bits per heavy atom. The number of benzene rings is 1. The molecule has 1 aromatic carbocycles. The van der Waals surface area contributed by atoms with Crippen molar-refractivity contribution in [2.24, 2.45) is 5.73 Å². The molecule has 0 radical (unpaired) electrons. The molecule has 2 aromatic rings. The van der Waals surface area contributed by atoms with Crippen molar-refractivity contribution in [1.82, 2.24) is 4.98 Å². The van der Waals surface area contributed by atoms with Crippen LogP contribution in [-0.2, 0) is 5.54 Å². The minimum Gasteiger partial charge on any atom is -0.321 e. The number of hydrogen-bond donors (Lipinski definition) is 1. The topological polar surface area (TPSA) is 38.9 Å². The normalized spacial score (nSPS) is 11.8. The molecule has 0 spiro atoms. The van der Waals surface area contributed by atoms with Crippen LogP contribution >= 0.6 is 34.5 Å². The van der Waals surface area contributed by atoms with Gasteiger partial charge in [-0.05, 0) is 26.0 Å². The van der Waals surface area contributed by atoms with E-state index in [2.05, 4.69) is 4.98 Å². The van der Waals surface area contributed by atoms with Crippen LogP contribution in [0.15, 0.2) is 23.6 Å². The molecule has 0 fully saturated rings. The molecule has 0 aliphatic heterocycles. The van der Waals surface area contributed by atoms with Gasteiger partial charge in [0, 0.05) is 10.9 Å². The molecular formula is C12H12Cl2N2S. The van der Waals surface area contributed by atoms with E-state index in [-0.39, 0.29) is 0 Å². The second-order valence-electron chi connectivity index (χ2n) is 4.36. The van der Waals surface area contributed by atoms with Crippen LogP contribution in [0.5, 0.6) is 0 Å². The summed E-state index contributed by atoms with van der Waals surface area (Å²) in [7, 11) is 0. The zero-order valence-corrected chi connectivity index (χ0v) is 11.8. The zero-order valence-electron chi connectivity index (χ0n) is 9.50. The first-order valence-corrected chi connectivity index (χ1v) is 6.72. The van der Waals surface area contributed by atoms with E-state index < -0.39 is 5.54 Å². The second kappa shape index (κ2) is 4.58. The van der Waals surface area contributed by atoms with Gasteiger partial charge in [-0.15, -0.1) is 11.3 Å². The predicted octanol–water partition coefficient (Wildman–Crippen LogP) is 4.31. The Morgan fingerprint density at radius 2 is 1.82 bits per heavy atom. The van der Waals surface area contributed by atoms with Crippen LogP contribution < -0.4 is 5.73 Å². The van der Waals surface area contributed by atoms with Gasteiger partial charge in [-0.3, -0.25) is 0 Å². The summed E-state index contributed by atoms with van der Waals surface area (Å²) in [5.74, 6) is 0. The van der Waals surface area contributed by atoms with E-state index in [1.165, 1.54) is 11.3 Å². The Kier molecular flexibility index (Phi) is 3.46. The average molecular weight is 287 g/mol. The molecule has 0 aliphatic rings. The molecule has 17 heavy (non-hydrogen) atoms. The molecule has 0 saturated carbocycles. The van der Waals surface area contributed by atoms with Crippen LogP contribution in [0.1, 0.15) is 19.5 Å². The summed E-state index contributed by atoms with van der Waals surface area (Å²) in [6, 6.07) is 5.42. The number of thiazole rings is 1. The van der Waals surface area contributed by atoms with Crippen LogP contribution in [0.3, 0.4) is 0 Å². The first-order valence-electron chi connectivity index (χ1n) is 5.09. The molecule has 0 amide bonds. The van der Waals surface area contributed by atoms with Crippen LogP contribution in [-0.4, -0.2) is 4.98 Å². The molecule has 0 aliphatic carbocycles. The highest BCUT2D eigenvalue weighted by Crippen LogP contribution is 2.37. The van der Waals surface area contributed by atoms with Gasteiger partial charge in [0.05, 0.1) is 21.3 Å². The molecule has 2 rings (SSSR count). The third kappa shape index (κ3) is 2.63. The Bertz CT molecular complexity index is 523. The second-order valence-corrected chi connectivity index (χ2v) is 6.03. The first-order chi connectivity index (χ1) is 7.89. The Hall–Kier alpha value is -0.610. The maximum Gasteiger partial charge on any atom is 0.126 e. The summed E-state index contributed by atoms with van der Waals surface area (Å²) in [6.07, 6.45) is 0. The Morgan fingerprint density at radius 3 is 2.29 bits per heavy atom. The van der Waals surface area contributed by atoms with E-state index in [0.29, 0.717) is 10.0 Å². The third-order valence-electron chi connectivity index (χ3n) is 2.34. The standard InChI is InChI=1S/C12H12Cl2N2S/c1-12(2,15)9-6-17-11(16-9)10-7(13)4-3-5-8(10)14/h3-6H,15H2,1-2H3. The summed E-state index contributed by atoms with van der Waals surface area (Å²) in [6.45, 7) is 3.83. The fraction of sp³-hybridized carbons (Fsp3) is 0.250. The van der Waals surface area contributed by atoms with Crippen LogP contribution in [0.4, 0.5) is 0 Å². The number of aromatic nitrogens is 1. The van der Waals surface area contributed by atoms with Gasteiger partial charge in [-0.25, -0.2) is 4.98 Å². The minimum absolute atomic E-state index is 0.456. The van der Waals surface area contributed by atoms with Gasteiger partial charge in [-0.1, -0.05) is 29.3 Å². The van der Waals surface area contributed by atoms with Gasteiger partial charge >= 0.3 is 0 Å². The molecule has 5 heteroatoms. The number of halogens is 2. The van der Waals surface area contributed by atoms with Crippen LogP contribution in [0.25, 0.3) is 10.6 Å². The van der Waals surface area contributed by atoms with Crippen molar-refractivity contribution in [3.05, 3.63) is 39.3 Å². The smallest absolute Gasteiger partial charge is 0.126 e. The quantitative estimate of drug-likeness (QED) is 0.893. The lowest BCUT2D eigenvalue weighted by Crippen LogP contribution is -2.28. The van der Waals surface area contributed by atoms with E-state index >= 15 is 0 Å². The lowest BCUT2D eigenvalue weighted by Gasteiger charge is -2.14.